The summed E-state index contributed by atoms with van der Waals surface area (Å²) < 4.78 is 4.25. The molecule has 17 heavy (non-hydrogen) atoms. The van der Waals surface area contributed by atoms with Crippen molar-refractivity contribution in [2.24, 2.45) is 0 Å². The Hall–Kier alpha value is -0.460. The highest BCUT2D eigenvalue weighted by molar-refractivity contribution is 7.99. The Kier molecular flexibility index (Phi) is 4.53. The third-order valence-electron chi connectivity index (χ3n) is 3.21. The smallest absolute Gasteiger partial charge is 0.153 e. The summed E-state index contributed by atoms with van der Waals surface area (Å²) in [5.74, 6) is 0.644. The number of rotatable bonds is 4. The lowest BCUT2D eigenvalue weighted by Gasteiger charge is -2.36. The van der Waals surface area contributed by atoms with E-state index < -0.39 is 0 Å². The molecule has 1 aliphatic rings. The molecule has 0 radical (unpaired) electrons. The predicted molar refractivity (Wildman–Crippen MR) is 75.0 cm³/mol. The molecule has 96 valence electrons. The lowest BCUT2D eigenvalue weighted by molar-refractivity contribution is 0.262. The quantitative estimate of drug-likeness (QED) is 0.823. The molecule has 1 saturated heterocycles. The van der Waals surface area contributed by atoms with Gasteiger partial charge >= 0.3 is 0 Å². The van der Waals surface area contributed by atoms with E-state index in [0.29, 0.717) is 11.9 Å². The number of aliphatic hydroxyl groups excluding tert-OH is 1. The van der Waals surface area contributed by atoms with E-state index in [-0.39, 0.29) is 6.61 Å². The second-order valence-corrected chi connectivity index (χ2v) is 5.83. The van der Waals surface area contributed by atoms with E-state index in [1.54, 1.807) is 11.8 Å². The maximum atomic E-state index is 9.15. The van der Waals surface area contributed by atoms with Gasteiger partial charge in [0, 0.05) is 19.2 Å². The fourth-order valence-electron chi connectivity index (χ4n) is 2.38. The number of aliphatic hydroxyl groups is 1. The van der Waals surface area contributed by atoms with Crippen LogP contribution in [0.15, 0.2) is 4.90 Å². The zero-order valence-electron chi connectivity index (χ0n) is 10.1. The molecule has 0 amide bonds. The lowest BCUT2D eigenvalue weighted by Crippen LogP contribution is -2.39. The van der Waals surface area contributed by atoms with E-state index in [9.17, 15) is 0 Å². The van der Waals surface area contributed by atoms with Crippen molar-refractivity contribution in [1.29, 1.82) is 0 Å². The Balaban J connectivity index is 2.22. The van der Waals surface area contributed by atoms with Crippen LogP contribution in [0.3, 0.4) is 0 Å². The molecular weight excluding hydrogens is 254 g/mol. The number of hydrogen-bond donors (Lipinski definition) is 2. The van der Waals surface area contributed by atoms with Crippen LogP contribution in [0.2, 0.25) is 0 Å². The van der Waals surface area contributed by atoms with Gasteiger partial charge in [-0.05, 0) is 43.5 Å². The van der Waals surface area contributed by atoms with E-state index in [0.717, 1.165) is 24.3 Å². The van der Waals surface area contributed by atoms with Gasteiger partial charge in [0.05, 0.1) is 4.90 Å². The van der Waals surface area contributed by atoms with Gasteiger partial charge in [-0.2, -0.15) is 4.37 Å². The number of hydrogen-bond acceptors (Lipinski definition) is 6. The molecule has 0 saturated carbocycles. The summed E-state index contributed by atoms with van der Waals surface area (Å²) >= 11 is 3.15. The van der Waals surface area contributed by atoms with E-state index in [1.807, 2.05) is 6.26 Å². The highest BCUT2D eigenvalue weighted by atomic mass is 32.2. The molecule has 1 aliphatic heterocycles. The fraction of sp³-hybridized carbons (Fsp3) is 0.727. The minimum absolute atomic E-state index is 0.254. The average molecular weight is 273 g/mol. The third-order valence-corrected chi connectivity index (χ3v) is 5.05. The van der Waals surface area contributed by atoms with Gasteiger partial charge in [0.1, 0.15) is 5.00 Å². The molecule has 0 aromatic carbocycles. The largest absolute Gasteiger partial charge is 0.396 e. The molecule has 3 N–H and O–H groups in total. The van der Waals surface area contributed by atoms with Gasteiger partial charge in [0.25, 0.3) is 0 Å². The van der Waals surface area contributed by atoms with Crippen LogP contribution in [0.1, 0.15) is 25.7 Å². The number of nitrogen functional groups attached to an aromatic ring is 1. The van der Waals surface area contributed by atoms with Crippen LogP contribution in [0.5, 0.6) is 0 Å². The second-order valence-electron chi connectivity index (χ2n) is 4.26. The SMILES string of the molecule is CSc1c(N)nsc1N1CCCCC1CCO. The van der Waals surface area contributed by atoms with Crippen LogP contribution in [0.25, 0.3) is 0 Å². The van der Waals surface area contributed by atoms with Crippen LogP contribution in [-0.2, 0) is 0 Å². The second kappa shape index (κ2) is 5.93. The Bertz CT molecular complexity index is 368. The van der Waals surface area contributed by atoms with Crippen molar-refractivity contribution >= 4 is 34.1 Å². The molecular formula is C11H19N3OS2. The minimum Gasteiger partial charge on any atom is -0.396 e. The van der Waals surface area contributed by atoms with Crippen molar-refractivity contribution in [3.8, 4) is 0 Å². The van der Waals surface area contributed by atoms with Crippen molar-refractivity contribution in [2.75, 3.05) is 30.0 Å². The van der Waals surface area contributed by atoms with Crippen LogP contribution in [0, 0.1) is 0 Å². The Morgan fingerprint density at radius 2 is 2.41 bits per heavy atom. The third kappa shape index (κ3) is 2.69. The van der Waals surface area contributed by atoms with Crippen LogP contribution < -0.4 is 10.6 Å². The van der Waals surface area contributed by atoms with Gasteiger partial charge in [-0.25, -0.2) is 0 Å². The standard InChI is InChI=1S/C11H19N3OS2/c1-16-9-10(12)13-17-11(9)14-6-3-2-4-8(14)5-7-15/h8,15H,2-7H2,1H3,(H2,12,13). The lowest BCUT2D eigenvalue weighted by atomic mass is 10.00. The summed E-state index contributed by atoms with van der Waals surface area (Å²) in [5.41, 5.74) is 5.88. The van der Waals surface area contributed by atoms with Crippen LogP contribution >= 0.6 is 23.3 Å². The first-order valence-corrected chi connectivity index (χ1v) is 7.94. The zero-order valence-corrected chi connectivity index (χ0v) is 11.7. The summed E-state index contributed by atoms with van der Waals surface area (Å²) in [6.45, 7) is 1.31. The highest BCUT2D eigenvalue weighted by Gasteiger charge is 2.26. The van der Waals surface area contributed by atoms with Gasteiger partial charge in [0.2, 0.25) is 0 Å². The molecule has 0 spiro atoms. The maximum absolute atomic E-state index is 9.15. The molecule has 1 fully saturated rings. The Morgan fingerprint density at radius 1 is 1.59 bits per heavy atom. The first kappa shape index (κ1) is 13.0. The van der Waals surface area contributed by atoms with E-state index >= 15 is 0 Å². The molecule has 6 heteroatoms. The van der Waals surface area contributed by atoms with Crippen molar-refractivity contribution < 1.29 is 5.11 Å². The highest BCUT2D eigenvalue weighted by Crippen LogP contribution is 2.40. The molecule has 1 unspecified atom stereocenters. The van der Waals surface area contributed by atoms with E-state index in [4.69, 9.17) is 10.8 Å². The number of piperidine rings is 1. The van der Waals surface area contributed by atoms with Crippen LogP contribution in [-0.4, -0.2) is 34.9 Å². The van der Waals surface area contributed by atoms with Gasteiger partial charge in [-0.3, -0.25) is 0 Å². The number of nitrogens with zero attached hydrogens (tertiary/aromatic N) is 2. The molecule has 1 aromatic heterocycles. The molecule has 0 bridgehead atoms. The monoisotopic (exact) mass is 273 g/mol. The van der Waals surface area contributed by atoms with Crippen molar-refractivity contribution in [3.63, 3.8) is 0 Å². The van der Waals surface area contributed by atoms with Gasteiger partial charge in [-0.1, -0.05) is 0 Å². The van der Waals surface area contributed by atoms with Crippen molar-refractivity contribution in [3.05, 3.63) is 0 Å². The molecule has 1 atom stereocenters. The average Bonchev–Trinajstić information content (AvgIpc) is 2.71. The number of thioether (sulfide) groups is 1. The molecule has 4 nitrogen and oxygen atoms in total. The Morgan fingerprint density at radius 3 is 3.12 bits per heavy atom. The molecule has 1 aromatic rings. The molecule has 2 heterocycles. The molecule has 0 aliphatic carbocycles. The van der Waals surface area contributed by atoms with Crippen molar-refractivity contribution in [1.82, 2.24) is 4.37 Å². The van der Waals surface area contributed by atoms with E-state index in [2.05, 4.69) is 9.27 Å². The fourth-order valence-corrected chi connectivity index (χ4v) is 4.15. The summed E-state index contributed by atoms with van der Waals surface area (Å²) in [4.78, 5) is 3.49. The topological polar surface area (TPSA) is 62.4 Å². The van der Waals surface area contributed by atoms with Gasteiger partial charge in [0.15, 0.2) is 5.82 Å². The summed E-state index contributed by atoms with van der Waals surface area (Å²) in [6.07, 6.45) is 6.50. The minimum atomic E-state index is 0.254. The first-order chi connectivity index (χ1) is 8.27. The molecule has 2 rings (SSSR count). The van der Waals surface area contributed by atoms with Gasteiger partial charge < -0.3 is 15.7 Å². The van der Waals surface area contributed by atoms with E-state index in [1.165, 1.54) is 29.4 Å². The van der Waals surface area contributed by atoms with Gasteiger partial charge in [-0.15, -0.1) is 11.8 Å². The summed E-state index contributed by atoms with van der Waals surface area (Å²) in [6, 6.07) is 0.444. The Labute approximate surface area is 110 Å². The van der Waals surface area contributed by atoms with Crippen LogP contribution in [0.4, 0.5) is 10.8 Å². The summed E-state index contributed by atoms with van der Waals surface area (Å²) in [7, 11) is 0. The number of anilines is 2. The number of nitrogens with two attached hydrogens (primary N) is 1. The van der Waals surface area contributed by atoms with Crippen molar-refractivity contribution in [2.45, 2.75) is 36.6 Å². The predicted octanol–water partition coefficient (Wildman–Crippen LogP) is 2.19. The normalized spacial score (nSPS) is 20.8. The summed E-state index contributed by atoms with van der Waals surface area (Å²) in [5, 5.41) is 10.3. The first-order valence-electron chi connectivity index (χ1n) is 5.94. The number of aromatic nitrogens is 1. The zero-order chi connectivity index (χ0) is 12.3. The maximum Gasteiger partial charge on any atom is 0.153 e.